The Kier molecular flexibility index (Phi) is 3.82. The fraction of sp³-hybridized carbons (Fsp3) is 0.714. The third-order valence-electron chi connectivity index (χ3n) is 3.81. The number of rotatable bonds is 7. The van der Waals surface area contributed by atoms with Gasteiger partial charge in [-0.05, 0) is 43.8 Å². The zero-order valence-corrected chi connectivity index (χ0v) is 12.5. The Morgan fingerprint density at radius 2 is 1.84 bits per heavy atom. The van der Waals surface area contributed by atoms with Crippen LogP contribution in [0, 0.1) is 11.8 Å². The Hall–Kier alpha value is -0.970. The Morgan fingerprint density at radius 1 is 1.21 bits per heavy atom. The predicted octanol–water partition coefficient (Wildman–Crippen LogP) is 2.87. The van der Waals surface area contributed by atoms with Gasteiger partial charge in [0.15, 0.2) is 5.16 Å². The van der Waals surface area contributed by atoms with Crippen molar-refractivity contribution in [1.82, 2.24) is 9.97 Å². The molecule has 4 nitrogen and oxygen atoms in total. The van der Waals surface area contributed by atoms with Crippen LogP contribution in [0.2, 0.25) is 0 Å². The van der Waals surface area contributed by atoms with Crippen molar-refractivity contribution in [2.45, 2.75) is 30.8 Å². The maximum Gasteiger partial charge on any atom is 0.191 e. The van der Waals surface area contributed by atoms with E-state index < -0.39 is 0 Å². The molecule has 2 aliphatic carbocycles. The predicted molar refractivity (Wildman–Crippen MR) is 81.0 cm³/mol. The molecule has 0 amide bonds. The van der Waals surface area contributed by atoms with Crippen LogP contribution < -0.4 is 10.2 Å². The summed E-state index contributed by atoms with van der Waals surface area (Å²) in [6, 6.07) is 2.09. The lowest BCUT2D eigenvalue weighted by molar-refractivity contribution is 0.666. The molecule has 0 radical (unpaired) electrons. The molecule has 2 saturated carbocycles. The molecule has 0 bridgehead atoms. The molecule has 1 aromatic heterocycles. The van der Waals surface area contributed by atoms with Crippen LogP contribution in [-0.2, 0) is 0 Å². The maximum atomic E-state index is 4.70. The number of anilines is 2. The van der Waals surface area contributed by atoms with Crippen LogP contribution in [0.15, 0.2) is 11.2 Å². The smallest absolute Gasteiger partial charge is 0.191 e. The molecule has 104 valence electrons. The van der Waals surface area contributed by atoms with E-state index in [2.05, 4.69) is 21.3 Å². The first kappa shape index (κ1) is 13.0. The molecule has 0 atom stereocenters. The summed E-state index contributed by atoms with van der Waals surface area (Å²) in [5, 5.41) is 4.00. The van der Waals surface area contributed by atoms with Gasteiger partial charge in [-0.15, -0.1) is 0 Å². The second-order valence-corrected chi connectivity index (χ2v) is 6.41. The van der Waals surface area contributed by atoms with E-state index in [4.69, 9.17) is 4.98 Å². The van der Waals surface area contributed by atoms with Crippen molar-refractivity contribution < 1.29 is 0 Å². The summed E-state index contributed by atoms with van der Waals surface area (Å²) in [6.45, 7) is 2.34. The number of hydrogen-bond donors (Lipinski definition) is 1. The summed E-state index contributed by atoms with van der Waals surface area (Å²) < 4.78 is 0. The molecule has 1 N–H and O–H groups in total. The van der Waals surface area contributed by atoms with Crippen LogP contribution in [0.4, 0.5) is 11.6 Å². The molecule has 5 heteroatoms. The van der Waals surface area contributed by atoms with Crippen molar-refractivity contribution >= 4 is 23.4 Å². The average Bonchev–Trinajstić information content (AvgIpc) is 3.32. The molecule has 2 fully saturated rings. The van der Waals surface area contributed by atoms with Crippen LogP contribution >= 0.6 is 11.8 Å². The van der Waals surface area contributed by atoms with Gasteiger partial charge >= 0.3 is 0 Å². The molecule has 1 aromatic rings. The number of thioether (sulfide) groups is 1. The second-order valence-electron chi connectivity index (χ2n) is 5.64. The summed E-state index contributed by atoms with van der Waals surface area (Å²) in [4.78, 5) is 11.6. The first-order chi connectivity index (χ1) is 9.28. The average molecular weight is 278 g/mol. The third kappa shape index (κ3) is 3.53. The molecule has 3 rings (SSSR count). The Labute approximate surface area is 119 Å². The van der Waals surface area contributed by atoms with Crippen molar-refractivity contribution in [2.75, 3.05) is 36.6 Å². The first-order valence-corrected chi connectivity index (χ1v) is 8.36. The fourth-order valence-electron chi connectivity index (χ4n) is 2.28. The highest BCUT2D eigenvalue weighted by Crippen LogP contribution is 2.35. The van der Waals surface area contributed by atoms with E-state index in [0.29, 0.717) is 0 Å². The van der Waals surface area contributed by atoms with Gasteiger partial charge in [-0.3, -0.25) is 0 Å². The van der Waals surface area contributed by atoms with Crippen molar-refractivity contribution in [3.8, 4) is 0 Å². The monoisotopic (exact) mass is 278 g/mol. The Balaban J connectivity index is 1.81. The number of aromatic nitrogens is 2. The lowest BCUT2D eigenvalue weighted by Crippen LogP contribution is -2.29. The van der Waals surface area contributed by atoms with Gasteiger partial charge in [-0.2, -0.15) is 0 Å². The zero-order valence-electron chi connectivity index (χ0n) is 11.7. The van der Waals surface area contributed by atoms with Gasteiger partial charge in [0.25, 0.3) is 0 Å². The molecular formula is C14H22N4S. The molecule has 1 heterocycles. The van der Waals surface area contributed by atoms with Gasteiger partial charge in [-0.1, -0.05) is 11.8 Å². The van der Waals surface area contributed by atoms with E-state index in [1.54, 1.807) is 11.8 Å². The molecule has 0 unspecified atom stereocenters. The fourth-order valence-corrected chi connectivity index (χ4v) is 2.65. The summed E-state index contributed by atoms with van der Waals surface area (Å²) in [6.07, 6.45) is 7.59. The van der Waals surface area contributed by atoms with Crippen molar-refractivity contribution in [3.05, 3.63) is 6.07 Å². The summed E-state index contributed by atoms with van der Waals surface area (Å²) >= 11 is 1.61. The van der Waals surface area contributed by atoms with E-state index in [1.807, 2.05) is 13.3 Å². The van der Waals surface area contributed by atoms with Crippen LogP contribution in [0.25, 0.3) is 0 Å². The molecule has 2 aliphatic rings. The minimum Gasteiger partial charge on any atom is -0.373 e. The van der Waals surface area contributed by atoms with E-state index in [0.717, 1.165) is 28.6 Å². The molecule has 0 aromatic carbocycles. The highest BCUT2D eigenvalue weighted by molar-refractivity contribution is 7.98. The van der Waals surface area contributed by atoms with Gasteiger partial charge in [0.2, 0.25) is 0 Å². The molecular weight excluding hydrogens is 256 g/mol. The van der Waals surface area contributed by atoms with Crippen LogP contribution in [0.5, 0.6) is 0 Å². The van der Waals surface area contributed by atoms with Crippen molar-refractivity contribution in [1.29, 1.82) is 0 Å². The molecule has 0 saturated heterocycles. The van der Waals surface area contributed by atoms with Gasteiger partial charge in [-0.25, -0.2) is 9.97 Å². The van der Waals surface area contributed by atoms with Crippen LogP contribution in [-0.4, -0.2) is 36.4 Å². The van der Waals surface area contributed by atoms with Crippen LogP contribution in [0.1, 0.15) is 25.7 Å². The van der Waals surface area contributed by atoms with Crippen molar-refractivity contribution in [3.63, 3.8) is 0 Å². The highest BCUT2D eigenvalue weighted by atomic mass is 32.2. The minimum absolute atomic E-state index is 0.860. The summed E-state index contributed by atoms with van der Waals surface area (Å²) in [7, 11) is 1.92. The maximum absolute atomic E-state index is 4.70. The van der Waals surface area contributed by atoms with Gasteiger partial charge in [0, 0.05) is 26.2 Å². The standard InChI is InChI=1S/C14H22N4S/c1-15-12-7-13(17-14(16-12)19-2)18(8-10-3-4-10)9-11-5-6-11/h7,10-11H,3-6,8-9H2,1-2H3,(H,15,16,17). The number of hydrogen-bond acceptors (Lipinski definition) is 5. The summed E-state index contributed by atoms with van der Waals surface area (Å²) in [5.74, 6) is 3.81. The van der Waals surface area contributed by atoms with E-state index >= 15 is 0 Å². The second kappa shape index (κ2) is 5.57. The summed E-state index contributed by atoms with van der Waals surface area (Å²) in [5.41, 5.74) is 0. The van der Waals surface area contributed by atoms with Gasteiger partial charge in [0.1, 0.15) is 11.6 Å². The minimum atomic E-state index is 0.860. The lowest BCUT2D eigenvalue weighted by Gasteiger charge is -2.24. The van der Waals surface area contributed by atoms with E-state index in [-0.39, 0.29) is 0 Å². The van der Waals surface area contributed by atoms with E-state index in [1.165, 1.54) is 38.8 Å². The van der Waals surface area contributed by atoms with E-state index in [9.17, 15) is 0 Å². The SMILES string of the molecule is CNc1cc(N(CC2CC2)CC2CC2)nc(SC)n1. The quantitative estimate of drug-likeness (QED) is 0.613. The van der Waals surface area contributed by atoms with Gasteiger partial charge < -0.3 is 10.2 Å². The highest BCUT2D eigenvalue weighted by Gasteiger charge is 2.30. The Morgan fingerprint density at radius 3 is 2.32 bits per heavy atom. The van der Waals surface area contributed by atoms with Crippen LogP contribution in [0.3, 0.4) is 0 Å². The molecule has 0 aliphatic heterocycles. The normalized spacial score (nSPS) is 18.4. The largest absolute Gasteiger partial charge is 0.373 e. The molecule has 0 spiro atoms. The topological polar surface area (TPSA) is 41.0 Å². The van der Waals surface area contributed by atoms with Gasteiger partial charge in [0.05, 0.1) is 0 Å². The van der Waals surface area contributed by atoms with Crippen molar-refractivity contribution in [2.24, 2.45) is 11.8 Å². The Bertz CT molecular complexity index is 407. The molecule has 19 heavy (non-hydrogen) atoms. The zero-order chi connectivity index (χ0) is 13.2. The lowest BCUT2D eigenvalue weighted by atomic mass is 10.3. The first-order valence-electron chi connectivity index (χ1n) is 7.14. The number of nitrogens with one attached hydrogen (secondary N) is 1. The number of nitrogens with zero attached hydrogens (tertiary/aromatic N) is 3. The third-order valence-corrected chi connectivity index (χ3v) is 4.35.